The van der Waals surface area contributed by atoms with Crippen LogP contribution in [0.4, 0.5) is 0 Å². The fraction of sp³-hybridized carbons (Fsp3) is 0.500. The second kappa shape index (κ2) is 6.39. The van der Waals surface area contributed by atoms with Gasteiger partial charge in [0, 0.05) is 24.9 Å². The summed E-state index contributed by atoms with van der Waals surface area (Å²) < 4.78 is 4.54. The quantitative estimate of drug-likeness (QED) is 0.757. The zero-order valence-electron chi connectivity index (χ0n) is 10.4. The van der Waals surface area contributed by atoms with Crippen molar-refractivity contribution >= 4 is 23.2 Å². The van der Waals surface area contributed by atoms with E-state index in [0.29, 0.717) is 19.4 Å². The van der Waals surface area contributed by atoms with Crippen molar-refractivity contribution in [1.82, 2.24) is 4.90 Å². The Bertz CT molecular complexity index is 400. The highest BCUT2D eigenvalue weighted by molar-refractivity contribution is 7.13. The summed E-state index contributed by atoms with van der Waals surface area (Å²) in [5.74, 6) is -0.231. The Balaban J connectivity index is 2.40. The van der Waals surface area contributed by atoms with Gasteiger partial charge in [-0.1, -0.05) is 0 Å². The van der Waals surface area contributed by atoms with Gasteiger partial charge in [0.2, 0.25) is 0 Å². The normalized spacial score (nSPS) is 10.1. The maximum atomic E-state index is 11.9. The molecule has 0 aliphatic heterocycles. The lowest BCUT2D eigenvalue weighted by atomic mass is 10.3. The molecule has 0 aliphatic rings. The number of hydrogen-bond acceptors (Lipinski definition) is 4. The summed E-state index contributed by atoms with van der Waals surface area (Å²) in [7, 11) is 3.11. The summed E-state index contributed by atoms with van der Waals surface area (Å²) in [6.45, 7) is 2.53. The van der Waals surface area contributed by atoms with Gasteiger partial charge in [-0.25, -0.2) is 0 Å². The van der Waals surface area contributed by atoms with E-state index in [0.717, 1.165) is 9.75 Å². The summed E-state index contributed by atoms with van der Waals surface area (Å²) in [6, 6.07) is 3.76. The van der Waals surface area contributed by atoms with Gasteiger partial charge in [0.1, 0.15) is 0 Å². The molecule has 0 bridgehead atoms. The molecule has 1 rings (SSSR count). The first-order chi connectivity index (χ1) is 8.04. The van der Waals surface area contributed by atoms with E-state index >= 15 is 0 Å². The SMILES string of the molecule is COC(=O)CCCN(C)C(=O)c1ccc(C)s1. The number of esters is 1. The van der Waals surface area contributed by atoms with Gasteiger partial charge in [0.15, 0.2) is 0 Å². The van der Waals surface area contributed by atoms with E-state index in [1.807, 2.05) is 19.1 Å². The molecule has 0 radical (unpaired) electrons. The predicted octanol–water partition coefficient (Wildman–Crippen LogP) is 2.08. The van der Waals surface area contributed by atoms with E-state index in [1.54, 1.807) is 11.9 Å². The van der Waals surface area contributed by atoms with Crippen LogP contribution >= 0.6 is 11.3 Å². The molecule has 5 heteroatoms. The number of ether oxygens (including phenoxy) is 1. The first-order valence-electron chi connectivity index (χ1n) is 5.43. The van der Waals surface area contributed by atoms with Gasteiger partial charge in [-0.3, -0.25) is 9.59 Å². The van der Waals surface area contributed by atoms with Crippen LogP contribution in [0.15, 0.2) is 12.1 Å². The highest BCUT2D eigenvalue weighted by Crippen LogP contribution is 2.16. The molecule has 1 aromatic heterocycles. The number of carbonyl (C=O) groups is 2. The van der Waals surface area contributed by atoms with E-state index in [-0.39, 0.29) is 11.9 Å². The van der Waals surface area contributed by atoms with Crippen LogP contribution in [0, 0.1) is 6.92 Å². The topological polar surface area (TPSA) is 46.6 Å². The highest BCUT2D eigenvalue weighted by Gasteiger charge is 2.13. The zero-order valence-corrected chi connectivity index (χ0v) is 11.2. The van der Waals surface area contributed by atoms with Crippen molar-refractivity contribution in [2.75, 3.05) is 20.7 Å². The summed E-state index contributed by atoms with van der Waals surface area (Å²) >= 11 is 1.49. The van der Waals surface area contributed by atoms with Crippen molar-refractivity contribution in [1.29, 1.82) is 0 Å². The lowest BCUT2D eigenvalue weighted by Gasteiger charge is -2.15. The minimum atomic E-state index is -0.238. The third kappa shape index (κ3) is 4.19. The minimum absolute atomic E-state index is 0.00738. The monoisotopic (exact) mass is 255 g/mol. The van der Waals surface area contributed by atoms with E-state index in [1.165, 1.54) is 18.4 Å². The summed E-state index contributed by atoms with van der Waals surface area (Å²) in [4.78, 5) is 26.3. The van der Waals surface area contributed by atoms with E-state index in [4.69, 9.17) is 0 Å². The molecule has 0 atom stereocenters. The average Bonchev–Trinajstić information content (AvgIpc) is 2.74. The maximum absolute atomic E-state index is 11.9. The van der Waals surface area contributed by atoms with Crippen molar-refractivity contribution in [3.8, 4) is 0 Å². The van der Waals surface area contributed by atoms with Crippen molar-refractivity contribution in [3.05, 3.63) is 21.9 Å². The van der Waals surface area contributed by atoms with Crippen molar-refractivity contribution in [2.24, 2.45) is 0 Å². The van der Waals surface area contributed by atoms with Crippen LogP contribution in [0.5, 0.6) is 0 Å². The number of aryl methyl sites for hydroxylation is 1. The molecule has 0 unspecified atom stereocenters. The Kier molecular flexibility index (Phi) is 5.15. The summed E-state index contributed by atoms with van der Waals surface area (Å²) in [6.07, 6.45) is 0.969. The molecular weight excluding hydrogens is 238 g/mol. The molecule has 1 heterocycles. The van der Waals surface area contributed by atoms with Crippen molar-refractivity contribution in [2.45, 2.75) is 19.8 Å². The molecule has 0 saturated heterocycles. The van der Waals surface area contributed by atoms with Crippen LogP contribution in [0.25, 0.3) is 0 Å². The number of thiophene rings is 1. The lowest BCUT2D eigenvalue weighted by Crippen LogP contribution is -2.27. The molecule has 4 nitrogen and oxygen atoms in total. The summed E-state index contributed by atoms with van der Waals surface area (Å²) in [5, 5.41) is 0. The zero-order chi connectivity index (χ0) is 12.8. The van der Waals surface area contributed by atoms with Crippen LogP contribution in [0.2, 0.25) is 0 Å². The van der Waals surface area contributed by atoms with E-state index < -0.39 is 0 Å². The first-order valence-corrected chi connectivity index (χ1v) is 6.25. The standard InChI is InChI=1S/C12H17NO3S/c1-9-6-7-10(17-9)12(15)13(2)8-4-5-11(14)16-3/h6-7H,4-5,8H2,1-3H3. The van der Waals surface area contributed by atoms with Gasteiger partial charge in [-0.2, -0.15) is 0 Å². The molecule has 0 N–H and O–H groups in total. The van der Waals surface area contributed by atoms with Crippen LogP contribution in [0.1, 0.15) is 27.4 Å². The number of nitrogens with zero attached hydrogens (tertiary/aromatic N) is 1. The van der Waals surface area contributed by atoms with Gasteiger partial charge in [0.05, 0.1) is 12.0 Å². The smallest absolute Gasteiger partial charge is 0.305 e. The molecule has 94 valence electrons. The molecule has 0 saturated carbocycles. The fourth-order valence-electron chi connectivity index (χ4n) is 1.40. The van der Waals surface area contributed by atoms with Gasteiger partial charge in [0.25, 0.3) is 5.91 Å². The largest absolute Gasteiger partial charge is 0.469 e. The van der Waals surface area contributed by atoms with Gasteiger partial charge >= 0.3 is 5.97 Å². The fourth-order valence-corrected chi connectivity index (χ4v) is 2.26. The molecule has 17 heavy (non-hydrogen) atoms. The predicted molar refractivity (Wildman–Crippen MR) is 67.3 cm³/mol. The molecule has 1 amide bonds. The number of rotatable bonds is 5. The Hall–Kier alpha value is -1.36. The number of methoxy groups -OCH3 is 1. The van der Waals surface area contributed by atoms with Crippen molar-refractivity contribution < 1.29 is 14.3 Å². The first kappa shape index (κ1) is 13.7. The third-order valence-corrected chi connectivity index (χ3v) is 3.39. The summed E-state index contributed by atoms with van der Waals surface area (Å²) in [5.41, 5.74) is 0. The molecule has 1 aromatic rings. The average molecular weight is 255 g/mol. The third-order valence-electron chi connectivity index (χ3n) is 2.40. The minimum Gasteiger partial charge on any atom is -0.469 e. The Morgan fingerprint density at radius 2 is 2.12 bits per heavy atom. The second-order valence-corrected chi connectivity index (χ2v) is 5.10. The Morgan fingerprint density at radius 3 is 2.65 bits per heavy atom. The van der Waals surface area contributed by atoms with Crippen LogP contribution < -0.4 is 0 Å². The second-order valence-electron chi connectivity index (χ2n) is 3.82. The maximum Gasteiger partial charge on any atom is 0.305 e. The molecule has 0 fully saturated rings. The molecule has 0 aliphatic carbocycles. The van der Waals surface area contributed by atoms with Gasteiger partial charge in [-0.15, -0.1) is 11.3 Å². The van der Waals surface area contributed by atoms with Gasteiger partial charge in [-0.05, 0) is 25.5 Å². The van der Waals surface area contributed by atoms with Crippen LogP contribution in [0.3, 0.4) is 0 Å². The lowest BCUT2D eigenvalue weighted by molar-refractivity contribution is -0.140. The van der Waals surface area contributed by atoms with E-state index in [9.17, 15) is 9.59 Å². The van der Waals surface area contributed by atoms with Crippen LogP contribution in [-0.2, 0) is 9.53 Å². The van der Waals surface area contributed by atoms with Gasteiger partial charge < -0.3 is 9.64 Å². The van der Waals surface area contributed by atoms with Crippen molar-refractivity contribution in [3.63, 3.8) is 0 Å². The number of hydrogen-bond donors (Lipinski definition) is 0. The molecule has 0 spiro atoms. The molecule has 0 aromatic carbocycles. The number of amides is 1. The number of carbonyl (C=O) groups excluding carboxylic acids is 2. The van der Waals surface area contributed by atoms with E-state index in [2.05, 4.69) is 4.74 Å². The Morgan fingerprint density at radius 1 is 1.41 bits per heavy atom. The highest BCUT2D eigenvalue weighted by atomic mass is 32.1. The molecular formula is C12H17NO3S. The Labute approximate surface area is 105 Å². The van der Waals surface area contributed by atoms with Crippen LogP contribution in [-0.4, -0.2) is 37.5 Å².